The van der Waals surface area contributed by atoms with E-state index in [1.165, 1.54) is 6.92 Å². The summed E-state index contributed by atoms with van der Waals surface area (Å²) in [5, 5.41) is 9.44. The van der Waals surface area contributed by atoms with Gasteiger partial charge < -0.3 is 4.90 Å². The van der Waals surface area contributed by atoms with Crippen LogP contribution in [0.5, 0.6) is 0 Å². The monoisotopic (exact) mass is 284 g/mol. The predicted octanol–water partition coefficient (Wildman–Crippen LogP) is 4.18. The summed E-state index contributed by atoms with van der Waals surface area (Å²) < 4.78 is 0. The minimum Gasteiger partial charge on any atom is -0.343 e. The van der Waals surface area contributed by atoms with Gasteiger partial charge in [0.25, 0.3) is 0 Å². The normalized spacial score (nSPS) is 9.90. The van der Waals surface area contributed by atoms with Crippen LogP contribution >= 0.6 is 11.6 Å². The molecule has 20 heavy (non-hydrogen) atoms. The Kier molecular flexibility index (Phi) is 4.07. The molecule has 0 aliphatic carbocycles. The summed E-state index contributed by atoms with van der Waals surface area (Å²) >= 11 is 6.23. The van der Waals surface area contributed by atoms with Gasteiger partial charge in [0, 0.05) is 18.3 Å². The smallest absolute Gasteiger partial charge is 0.159 e. The second-order valence-electron chi connectivity index (χ2n) is 4.44. The third-order valence-electron chi connectivity index (χ3n) is 3.08. The Labute approximate surface area is 123 Å². The molecule has 0 radical (unpaired) electrons. The first-order valence-corrected chi connectivity index (χ1v) is 6.45. The average molecular weight is 285 g/mol. The Morgan fingerprint density at radius 1 is 1.25 bits per heavy atom. The summed E-state index contributed by atoms with van der Waals surface area (Å²) in [5.74, 6) is -0.0208. The largest absolute Gasteiger partial charge is 0.343 e. The highest BCUT2D eigenvalue weighted by Crippen LogP contribution is 2.31. The molecule has 2 aromatic rings. The first-order valence-electron chi connectivity index (χ1n) is 6.07. The summed E-state index contributed by atoms with van der Waals surface area (Å²) in [7, 11) is 1.87. The Morgan fingerprint density at radius 2 is 2.00 bits per heavy atom. The molecule has 0 aliphatic heterocycles. The van der Waals surface area contributed by atoms with Crippen LogP contribution in [0.25, 0.3) is 0 Å². The third-order valence-corrected chi connectivity index (χ3v) is 3.38. The fraction of sp³-hybridized carbons (Fsp3) is 0.125. The summed E-state index contributed by atoms with van der Waals surface area (Å²) in [5.41, 5.74) is 2.82. The van der Waals surface area contributed by atoms with E-state index in [4.69, 9.17) is 16.9 Å². The maximum absolute atomic E-state index is 11.3. The van der Waals surface area contributed by atoms with Crippen molar-refractivity contribution in [3.63, 3.8) is 0 Å². The molecule has 0 atom stereocenters. The molecular weight excluding hydrogens is 272 g/mol. The van der Waals surface area contributed by atoms with E-state index in [2.05, 4.69) is 6.07 Å². The Hall–Kier alpha value is -2.31. The minimum atomic E-state index is -0.0208. The molecule has 0 saturated carbocycles. The molecule has 0 N–H and O–H groups in total. The van der Waals surface area contributed by atoms with Gasteiger partial charge in [0.15, 0.2) is 5.78 Å². The Balaban J connectivity index is 2.40. The van der Waals surface area contributed by atoms with Gasteiger partial charge in [0.1, 0.15) is 0 Å². The van der Waals surface area contributed by atoms with E-state index >= 15 is 0 Å². The van der Waals surface area contributed by atoms with E-state index in [0.29, 0.717) is 16.1 Å². The molecule has 0 aromatic heterocycles. The summed E-state index contributed by atoms with van der Waals surface area (Å²) in [6, 6.07) is 14.6. The second kappa shape index (κ2) is 5.77. The number of hydrogen-bond donors (Lipinski definition) is 0. The summed E-state index contributed by atoms with van der Waals surface area (Å²) in [6.07, 6.45) is 0. The first-order chi connectivity index (χ1) is 9.52. The molecule has 2 rings (SSSR count). The van der Waals surface area contributed by atoms with Crippen LogP contribution in [0, 0.1) is 11.3 Å². The Morgan fingerprint density at radius 3 is 2.60 bits per heavy atom. The lowest BCUT2D eigenvalue weighted by atomic mass is 10.1. The molecule has 0 unspecified atom stereocenters. The van der Waals surface area contributed by atoms with E-state index in [1.807, 2.05) is 24.1 Å². The standard InChI is InChI=1S/C16H13ClN2O/c1-11(20)13-6-7-16(15(17)9-13)19(2)14-5-3-4-12(8-14)10-18/h3-9H,1-2H3. The van der Waals surface area contributed by atoms with Crippen LogP contribution in [0.15, 0.2) is 42.5 Å². The predicted molar refractivity (Wildman–Crippen MR) is 80.7 cm³/mol. The van der Waals surface area contributed by atoms with Gasteiger partial charge in [-0.2, -0.15) is 5.26 Å². The van der Waals surface area contributed by atoms with E-state index in [0.717, 1.165) is 11.4 Å². The zero-order valence-corrected chi connectivity index (χ0v) is 12.0. The van der Waals surface area contributed by atoms with Crippen LogP contribution in [0.4, 0.5) is 11.4 Å². The number of nitriles is 1. The fourth-order valence-electron chi connectivity index (χ4n) is 1.92. The van der Waals surface area contributed by atoms with Gasteiger partial charge in [-0.05, 0) is 43.3 Å². The van der Waals surface area contributed by atoms with Crippen molar-refractivity contribution in [2.75, 3.05) is 11.9 Å². The van der Waals surface area contributed by atoms with Gasteiger partial charge in [-0.1, -0.05) is 17.7 Å². The van der Waals surface area contributed by atoms with Gasteiger partial charge >= 0.3 is 0 Å². The number of carbonyl (C=O) groups is 1. The van der Waals surface area contributed by atoms with E-state index in [9.17, 15) is 4.79 Å². The van der Waals surface area contributed by atoms with E-state index in [1.54, 1.807) is 30.3 Å². The highest BCUT2D eigenvalue weighted by molar-refractivity contribution is 6.33. The third kappa shape index (κ3) is 2.81. The Bertz CT molecular complexity index is 704. The van der Waals surface area contributed by atoms with Crippen molar-refractivity contribution < 1.29 is 4.79 Å². The second-order valence-corrected chi connectivity index (χ2v) is 4.85. The molecule has 0 bridgehead atoms. The average Bonchev–Trinajstić information content (AvgIpc) is 2.46. The van der Waals surface area contributed by atoms with Crippen molar-refractivity contribution in [3.8, 4) is 6.07 Å². The van der Waals surface area contributed by atoms with Gasteiger partial charge in [0.2, 0.25) is 0 Å². The number of carbonyl (C=O) groups excluding carboxylic acids is 1. The van der Waals surface area contributed by atoms with Crippen LogP contribution in [0.3, 0.4) is 0 Å². The van der Waals surface area contributed by atoms with E-state index < -0.39 is 0 Å². The molecule has 0 fully saturated rings. The summed E-state index contributed by atoms with van der Waals surface area (Å²) in [4.78, 5) is 13.2. The number of hydrogen-bond acceptors (Lipinski definition) is 3. The number of nitrogens with zero attached hydrogens (tertiary/aromatic N) is 2. The van der Waals surface area contributed by atoms with Crippen molar-refractivity contribution >= 4 is 28.8 Å². The number of rotatable bonds is 3. The topological polar surface area (TPSA) is 44.1 Å². The maximum atomic E-state index is 11.3. The van der Waals surface area contributed by atoms with Crippen molar-refractivity contribution in [2.24, 2.45) is 0 Å². The molecule has 2 aromatic carbocycles. The van der Waals surface area contributed by atoms with Crippen LogP contribution in [0.2, 0.25) is 5.02 Å². The molecule has 0 saturated heterocycles. The molecule has 0 aliphatic rings. The lowest BCUT2D eigenvalue weighted by Crippen LogP contribution is -2.10. The van der Waals surface area contributed by atoms with Crippen molar-refractivity contribution in [2.45, 2.75) is 6.92 Å². The summed E-state index contributed by atoms with van der Waals surface area (Å²) in [6.45, 7) is 1.51. The van der Waals surface area contributed by atoms with Crippen molar-refractivity contribution in [1.29, 1.82) is 5.26 Å². The lowest BCUT2D eigenvalue weighted by Gasteiger charge is -2.21. The molecular formula is C16H13ClN2O. The number of halogens is 1. The van der Waals surface area contributed by atoms with Crippen molar-refractivity contribution in [3.05, 3.63) is 58.6 Å². The fourth-order valence-corrected chi connectivity index (χ4v) is 2.23. The molecule has 4 heteroatoms. The number of Topliss-reactive ketones (excluding diaryl/α,β-unsaturated/α-hetero) is 1. The highest BCUT2D eigenvalue weighted by atomic mass is 35.5. The van der Waals surface area contributed by atoms with Crippen LogP contribution < -0.4 is 4.90 Å². The number of ketones is 1. The number of benzene rings is 2. The number of anilines is 2. The van der Waals surface area contributed by atoms with Gasteiger partial charge in [-0.25, -0.2) is 0 Å². The van der Waals surface area contributed by atoms with Gasteiger partial charge in [-0.15, -0.1) is 0 Å². The highest BCUT2D eigenvalue weighted by Gasteiger charge is 2.10. The zero-order valence-electron chi connectivity index (χ0n) is 11.2. The van der Waals surface area contributed by atoms with E-state index in [-0.39, 0.29) is 5.78 Å². The quantitative estimate of drug-likeness (QED) is 0.794. The molecule has 0 heterocycles. The lowest BCUT2D eigenvalue weighted by molar-refractivity contribution is 0.101. The SMILES string of the molecule is CC(=O)c1ccc(N(C)c2cccc(C#N)c2)c(Cl)c1. The first kappa shape index (κ1) is 14.1. The van der Waals surface area contributed by atoms with Crippen LogP contribution in [0.1, 0.15) is 22.8 Å². The maximum Gasteiger partial charge on any atom is 0.159 e. The van der Waals surface area contributed by atoms with Gasteiger partial charge in [-0.3, -0.25) is 4.79 Å². The minimum absolute atomic E-state index is 0.0208. The molecule has 100 valence electrons. The molecule has 0 spiro atoms. The molecule has 3 nitrogen and oxygen atoms in total. The zero-order chi connectivity index (χ0) is 14.7. The molecule has 0 amide bonds. The van der Waals surface area contributed by atoms with Crippen LogP contribution in [-0.2, 0) is 0 Å². The van der Waals surface area contributed by atoms with Crippen LogP contribution in [-0.4, -0.2) is 12.8 Å². The van der Waals surface area contributed by atoms with Crippen molar-refractivity contribution in [1.82, 2.24) is 0 Å². The van der Waals surface area contributed by atoms with Gasteiger partial charge in [0.05, 0.1) is 22.3 Å².